The number of phosphoric acid groups is 2. The highest BCUT2D eigenvalue weighted by atomic mass is 31.3. The number of nitrogens with zero attached hydrogens (tertiary/aromatic N) is 2. The third-order valence-corrected chi connectivity index (χ3v) is 7.14. The van der Waals surface area contributed by atoms with Crippen LogP contribution in [-0.4, -0.2) is 54.7 Å². The van der Waals surface area contributed by atoms with E-state index in [-0.39, 0.29) is 5.82 Å². The Labute approximate surface area is 167 Å². The largest absolute Gasteiger partial charge is 0.708 e. The van der Waals surface area contributed by atoms with Crippen LogP contribution in [0, 0.1) is 6.92 Å². The third-order valence-electron chi connectivity index (χ3n) is 3.57. The lowest BCUT2D eigenvalue weighted by Crippen LogP contribution is -2.34. The van der Waals surface area contributed by atoms with Crippen molar-refractivity contribution < 1.29 is 60.8 Å². The van der Waals surface area contributed by atoms with Gasteiger partial charge < -0.3 is 20.5 Å². The van der Waals surface area contributed by atoms with Gasteiger partial charge in [-0.2, -0.15) is 9.29 Å². The predicted molar refractivity (Wildman–Crippen MR) is 91.6 cm³/mol. The maximum atomic E-state index is 14.4. The first-order valence-corrected chi connectivity index (χ1v) is 11.7. The number of ether oxygens (including phenoxy) is 1. The maximum Gasteiger partial charge on any atom is 0.708 e. The van der Waals surface area contributed by atoms with Gasteiger partial charge in [-0.05, 0) is 11.2 Å². The van der Waals surface area contributed by atoms with E-state index in [1.54, 1.807) is 0 Å². The zero-order chi connectivity index (χ0) is 22.9. The molecule has 7 atom stereocenters. The van der Waals surface area contributed by atoms with E-state index in [4.69, 9.17) is 25.5 Å². The normalized spacial score (nSPS) is 28.7. The predicted octanol–water partition coefficient (Wildman–Crippen LogP) is 0.128. The van der Waals surface area contributed by atoms with Crippen LogP contribution in [0.3, 0.4) is 0 Å². The number of aliphatic hydroxyl groups is 1. The number of hydrogen-bond donors (Lipinski definition) is 5. The zero-order valence-electron chi connectivity index (χ0n) is 14.7. The summed E-state index contributed by atoms with van der Waals surface area (Å²) in [6, 6.07) is 0. The van der Waals surface area contributed by atoms with Crippen molar-refractivity contribution >= 4 is 29.7 Å². The number of nitrogen functional groups attached to an aromatic ring is 1. The molecule has 0 radical (unpaired) electrons. The number of rotatable bonds is 9. The van der Waals surface area contributed by atoms with E-state index in [0.717, 1.165) is 10.8 Å². The minimum absolute atomic E-state index is 0.0890. The molecule has 0 spiro atoms. The van der Waals surface area contributed by atoms with E-state index in [9.17, 15) is 28.0 Å². The number of aryl methyl sites for hydroxylation is 1. The molecule has 16 nitrogen and oxygen atoms in total. The highest BCUT2D eigenvalue weighted by Gasteiger charge is 2.49. The maximum absolute atomic E-state index is 14.4. The van der Waals surface area contributed by atoms with Crippen LogP contribution in [0.1, 0.15) is 11.8 Å². The van der Waals surface area contributed by atoms with Crippen LogP contribution in [0.4, 0.5) is 10.2 Å². The van der Waals surface area contributed by atoms with Crippen LogP contribution < -0.4 is 11.4 Å². The number of aromatic nitrogens is 2. The summed E-state index contributed by atoms with van der Waals surface area (Å²) < 4.78 is 68.9. The summed E-state index contributed by atoms with van der Waals surface area (Å²) in [6.07, 6.45) is -6.02. The number of alkyl halides is 1. The fourth-order valence-corrected chi connectivity index (χ4v) is 4.91. The third kappa shape index (κ3) is 6.17. The average molecular weight is 498 g/mol. The molecule has 0 amide bonds. The lowest BCUT2D eigenvalue weighted by molar-refractivity contribution is -0.157. The zero-order valence-corrected chi connectivity index (χ0v) is 17.4. The summed E-state index contributed by atoms with van der Waals surface area (Å²) in [5.74, 6) is -0.0890. The quantitative estimate of drug-likeness (QED) is 0.173. The van der Waals surface area contributed by atoms with Gasteiger partial charge in [0.05, 0.1) is 0 Å². The second-order valence-corrected chi connectivity index (χ2v) is 9.75. The molecule has 3 unspecified atom stereocenters. The molecule has 0 bridgehead atoms. The molecule has 30 heavy (non-hydrogen) atoms. The summed E-state index contributed by atoms with van der Waals surface area (Å²) in [5, 5.41) is 17.9. The Hall–Kier alpha value is -1.19. The van der Waals surface area contributed by atoms with E-state index in [1.165, 1.54) is 6.92 Å². The van der Waals surface area contributed by atoms with E-state index >= 15 is 0 Å². The Morgan fingerprint density at radius 2 is 2.03 bits per heavy atom. The van der Waals surface area contributed by atoms with Crippen molar-refractivity contribution in [2.24, 2.45) is 0 Å². The Balaban J connectivity index is 2.01. The first-order valence-electron chi connectivity index (χ1n) is 7.59. The molecule has 1 saturated heterocycles. The number of hydrogen-bond acceptors (Lipinski definition) is 13. The number of nitrogens with two attached hydrogens (primary N) is 1. The Morgan fingerprint density at radius 1 is 1.40 bits per heavy atom. The average Bonchev–Trinajstić information content (AvgIpc) is 2.90. The molecule has 6 N–H and O–H groups in total. The van der Waals surface area contributed by atoms with E-state index < -0.39 is 60.8 Å². The fourth-order valence-electron chi connectivity index (χ4n) is 2.23. The standard InChI is InChI=1S/C10H15FN3O13P3/c1-4-2-14(10(16)13-8(4)12)9-6(11)7(15)5(24-9)3-23-28(18)26-30(21,22)27-29(19,20)25-17/h2,5-7,9,15H,3H2,1H3,(H4-,12,13,16,17,19,20,21,22)/p+1/t5-,6+,7-,9-/m1/s1. The van der Waals surface area contributed by atoms with Crippen molar-refractivity contribution in [3.05, 3.63) is 22.2 Å². The minimum Gasteiger partial charge on any atom is -0.387 e. The van der Waals surface area contributed by atoms with Crippen LogP contribution in [0.5, 0.6) is 0 Å². The van der Waals surface area contributed by atoms with Gasteiger partial charge in [-0.1, -0.05) is 0 Å². The summed E-state index contributed by atoms with van der Waals surface area (Å²) in [4.78, 5) is 33.2. The number of aliphatic hydroxyl groups excluding tert-OH is 1. The second kappa shape index (κ2) is 9.53. The summed E-state index contributed by atoms with van der Waals surface area (Å²) in [6.45, 7) is 0.624. The van der Waals surface area contributed by atoms with E-state index in [1.807, 2.05) is 0 Å². The van der Waals surface area contributed by atoms with Gasteiger partial charge in [0.1, 0.15) is 24.6 Å². The van der Waals surface area contributed by atoms with Crippen molar-refractivity contribution in [1.82, 2.24) is 9.55 Å². The first-order chi connectivity index (χ1) is 13.8. The highest BCUT2D eigenvalue weighted by Crippen LogP contribution is 2.63. The molecule has 1 aliphatic rings. The van der Waals surface area contributed by atoms with Crippen molar-refractivity contribution in [1.29, 1.82) is 0 Å². The Bertz CT molecular complexity index is 959. The Morgan fingerprint density at radius 3 is 2.63 bits per heavy atom. The summed E-state index contributed by atoms with van der Waals surface area (Å²) >= 11 is 0. The Kier molecular flexibility index (Phi) is 7.96. The second-order valence-electron chi connectivity index (χ2n) is 5.70. The summed E-state index contributed by atoms with van der Waals surface area (Å²) in [5.41, 5.74) is 4.83. The van der Waals surface area contributed by atoms with E-state index in [2.05, 4.69) is 22.8 Å². The molecule has 0 aromatic carbocycles. The van der Waals surface area contributed by atoms with Crippen molar-refractivity contribution in [2.45, 2.75) is 31.5 Å². The van der Waals surface area contributed by atoms with Crippen LogP contribution in [0.15, 0.2) is 11.0 Å². The van der Waals surface area contributed by atoms with Crippen molar-refractivity contribution in [3.63, 3.8) is 0 Å². The monoisotopic (exact) mass is 498 g/mol. The molecule has 1 fully saturated rings. The van der Waals surface area contributed by atoms with Gasteiger partial charge in [0.25, 0.3) is 0 Å². The van der Waals surface area contributed by atoms with Gasteiger partial charge in [-0.25, -0.2) is 23.6 Å². The van der Waals surface area contributed by atoms with Crippen LogP contribution in [-0.2, 0) is 36.3 Å². The van der Waals surface area contributed by atoms with Gasteiger partial charge in [0.15, 0.2) is 12.4 Å². The molecule has 20 heteroatoms. The SMILES string of the molecule is Cc1cn([C@@H]2O[C@H](CO[P+](=O)OP(=O)(O)OP(=O)(O)OO)[C@@H](O)[C@@H]2F)c(=O)nc1N. The van der Waals surface area contributed by atoms with Crippen LogP contribution in [0.2, 0.25) is 0 Å². The lowest BCUT2D eigenvalue weighted by Gasteiger charge is -2.16. The van der Waals surface area contributed by atoms with Gasteiger partial charge in [0, 0.05) is 16.3 Å². The molecule has 1 aliphatic heterocycles. The molecule has 2 rings (SSSR count). The van der Waals surface area contributed by atoms with E-state index in [0.29, 0.717) is 5.56 Å². The summed E-state index contributed by atoms with van der Waals surface area (Å²) in [7, 11) is -14.4. The fraction of sp³-hybridized carbons (Fsp3) is 0.600. The lowest BCUT2D eigenvalue weighted by atomic mass is 10.1. The topological polar surface area (TPSA) is 239 Å². The van der Waals surface area contributed by atoms with Crippen molar-refractivity contribution in [2.75, 3.05) is 12.3 Å². The first kappa shape index (κ1) is 25.1. The molecule has 2 heterocycles. The molecule has 0 aliphatic carbocycles. The van der Waals surface area contributed by atoms with Gasteiger partial charge in [-0.15, -0.1) is 9.20 Å². The molecule has 0 saturated carbocycles. The smallest absolute Gasteiger partial charge is 0.387 e. The highest BCUT2D eigenvalue weighted by molar-refractivity contribution is 7.64. The molecular weight excluding hydrogens is 482 g/mol. The van der Waals surface area contributed by atoms with Crippen LogP contribution in [0.25, 0.3) is 0 Å². The number of anilines is 1. The molecule has 170 valence electrons. The molecular formula is C10H16FN3O13P3+. The molecule has 1 aromatic heterocycles. The van der Waals surface area contributed by atoms with Crippen molar-refractivity contribution in [3.8, 4) is 0 Å². The van der Waals surface area contributed by atoms with Crippen LogP contribution >= 0.6 is 23.9 Å². The van der Waals surface area contributed by atoms with Gasteiger partial charge in [-0.3, -0.25) is 9.46 Å². The minimum atomic E-state index is -5.50. The molecule has 1 aromatic rings. The number of halogens is 1. The van der Waals surface area contributed by atoms with Gasteiger partial charge >= 0.3 is 29.6 Å². The van der Waals surface area contributed by atoms with Gasteiger partial charge in [0.2, 0.25) is 0 Å².